The molecule has 0 aliphatic rings. The maximum Gasteiger partial charge on any atom is 0.339 e. The highest BCUT2D eigenvalue weighted by Gasteiger charge is 2.25. The van der Waals surface area contributed by atoms with Crippen LogP contribution < -0.4 is 14.8 Å². The van der Waals surface area contributed by atoms with E-state index < -0.39 is 26.9 Å². The van der Waals surface area contributed by atoms with Crippen molar-refractivity contribution in [2.24, 2.45) is 0 Å². The molecule has 3 aromatic rings. The standard InChI is InChI=1S/C20H17BrN4O6S/c1-30-18(26)14-9-5-6-10-17(14)32(28,29)25-20(27)24-19-22-11-15(21)16(23-19)12-31-13-7-3-2-4-8-13/h2-11H,12H2,1H3,(H2,22,23,24,25,27). The molecule has 12 heteroatoms. The molecule has 0 spiro atoms. The van der Waals surface area contributed by atoms with Crippen molar-refractivity contribution < 1.29 is 27.5 Å². The summed E-state index contributed by atoms with van der Waals surface area (Å²) in [5.41, 5.74) is 0.216. The lowest BCUT2D eigenvalue weighted by atomic mass is 10.2. The SMILES string of the molecule is COC(=O)c1ccccc1S(=O)(=O)NC(=O)Nc1ncc(Br)c(COc2ccccc2)n1. The molecule has 1 heterocycles. The third-order valence-electron chi connectivity index (χ3n) is 3.97. The summed E-state index contributed by atoms with van der Waals surface area (Å²) >= 11 is 3.30. The number of para-hydroxylation sites is 1. The lowest BCUT2D eigenvalue weighted by Gasteiger charge is -2.11. The van der Waals surface area contributed by atoms with E-state index in [-0.39, 0.29) is 18.1 Å². The Morgan fingerprint density at radius 2 is 1.75 bits per heavy atom. The van der Waals surface area contributed by atoms with Gasteiger partial charge in [-0.2, -0.15) is 0 Å². The number of esters is 1. The van der Waals surface area contributed by atoms with Crippen molar-refractivity contribution in [3.8, 4) is 5.75 Å². The van der Waals surface area contributed by atoms with Crippen LogP contribution in [-0.4, -0.2) is 37.5 Å². The number of carbonyl (C=O) groups excluding carboxylic acids is 2. The fourth-order valence-electron chi connectivity index (χ4n) is 2.52. The molecule has 10 nitrogen and oxygen atoms in total. The molecule has 0 saturated heterocycles. The molecule has 3 rings (SSSR count). The first-order valence-corrected chi connectivity index (χ1v) is 11.3. The Labute approximate surface area is 192 Å². The number of carbonyl (C=O) groups is 2. The molecule has 0 unspecified atom stereocenters. The molecule has 166 valence electrons. The number of aromatic nitrogens is 2. The minimum Gasteiger partial charge on any atom is -0.487 e. The Morgan fingerprint density at radius 3 is 2.47 bits per heavy atom. The first kappa shape index (κ1) is 23.2. The zero-order valence-electron chi connectivity index (χ0n) is 16.6. The van der Waals surface area contributed by atoms with E-state index in [0.29, 0.717) is 15.9 Å². The van der Waals surface area contributed by atoms with E-state index in [2.05, 4.69) is 36.0 Å². The number of nitrogens with zero attached hydrogens (tertiary/aromatic N) is 2. The minimum absolute atomic E-state index is 0.0776. The van der Waals surface area contributed by atoms with Crippen LogP contribution in [0, 0.1) is 0 Å². The number of halogens is 1. The molecule has 0 fully saturated rings. The highest BCUT2D eigenvalue weighted by Crippen LogP contribution is 2.19. The van der Waals surface area contributed by atoms with Gasteiger partial charge in [0.15, 0.2) is 0 Å². The summed E-state index contributed by atoms with van der Waals surface area (Å²) < 4.78 is 37.8. The number of amides is 2. The third kappa shape index (κ3) is 5.80. The van der Waals surface area contributed by atoms with Crippen LogP contribution in [0.4, 0.5) is 10.7 Å². The fourth-order valence-corrected chi connectivity index (χ4v) is 3.93. The van der Waals surface area contributed by atoms with Crippen LogP contribution >= 0.6 is 15.9 Å². The van der Waals surface area contributed by atoms with E-state index in [1.54, 1.807) is 12.1 Å². The lowest BCUT2D eigenvalue weighted by Crippen LogP contribution is -2.35. The first-order valence-electron chi connectivity index (χ1n) is 9.00. The van der Waals surface area contributed by atoms with Gasteiger partial charge in [0.25, 0.3) is 10.0 Å². The van der Waals surface area contributed by atoms with Crippen molar-refractivity contribution in [2.45, 2.75) is 11.5 Å². The van der Waals surface area contributed by atoms with Crippen LogP contribution in [0.1, 0.15) is 16.1 Å². The maximum atomic E-state index is 12.6. The van der Waals surface area contributed by atoms with Crippen LogP contribution in [0.2, 0.25) is 0 Å². The number of benzene rings is 2. The van der Waals surface area contributed by atoms with E-state index in [1.807, 2.05) is 22.9 Å². The van der Waals surface area contributed by atoms with Gasteiger partial charge in [-0.05, 0) is 40.2 Å². The second-order valence-corrected chi connectivity index (χ2v) is 8.64. The van der Waals surface area contributed by atoms with Gasteiger partial charge >= 0.3 is 12.0 Å². The average Bonchev–Trinajstić information content (AvgIpc) is 2.79. The molecule has 32 heavy (non-hydrogen) atoms. The second-order valence-electron chi connectivity index (χ2n) is 6.14. The largest absolute Gasteiger partial charge is 0.487 e. The summed E-state index contributed by atoms with van der Waals surface area (Å²) in [5.74, 6) is -0.375. The van der Waals surface area contributed by atoms with E-state index in [4.69, 9.17) is 4.74 Å². The van der Waals surface area contributed by atoms with Gasteiger partial charge < -0.3 is 9.47 Å². The van der Waals surface area contributed by atoms with Gasteiger partial charge in [0.05, 0.1) is 22.8 Å². The fraction of sp³-hybridized carbons (Fsp3) is 0.100. The average molecular weight is 521 g/mol. The van der Waals surface area contributed by atoms with Gasteiger partial charge in [-0.3, -0.25) is 5.32 Å². The van der Waals surface area contributed by atoms with Crippen molar-refractivity contribution >= 4 is 43.9 Å². The van der Waals surface area contributed by atoms with E-state index in [9.17, 15) is 18.0 Å². The molecule has 2 aromatic carbocycles. The molecule has 1 aromatic heterocycles. The van der Waals surface area contributed by atoms with Gasteiger partial charge in [0, 0.05) is 6.20 Å². The number of methoxy groups -OCH3 is 1. The van der Waals surface area contributed by atoms with Crippen molar-refractivity contribution in [2.75, 3.05) is 12.4 Å². The van der Waals surface area contributed by atoms with Gasteiger partial charge in [-0.1, -0.05) is 30.3 Å². The molecule has 0 atom stereocenters. The number of ether oxygens (including phenoxy) is 2. The molecule has 0 aliphatic carbocycles. The molecule has 2 N–H and O–H groups in total. The third-order valence-corrected chi connectivity index (χ3v) is 6.02. The molecular weight excluding hydrogens is 504 g/mol. The second kappa shape index (κ2) is 10.2. The zero-order valence-corrected chi connectivity index (χ0v) is 19.0. The Kier molecular flexibility index (Phi) is 7.38. The summed E-state index contributed by atoms with van der Waals surface area (Å²) in [5, 5.41) is 2.25. The highest BCUT2D eigenvalue weighted by atomic mass is 79.9. The van der Waals surface area contributed by atoms with Gasteiger partial charge in [0.1, 0.15) is 17.3 Å². The lowest BCUT2D eigenvalue weighted by molar-refractivity contribution is 0.0596. The Balaban J connectivity index is 1.72. The van der Waals surface area contributed by atoms with Gasteiger partial charge in [-0.15, -0.1) is 0 Å². The number of urea groups is 1. The van der Waals surface area contributed by atoms with Crippen LogP contribution in [0.5, 0.6) is 5.75 Å². The normalized spacial score (nSPS) is 10.8. The molecule has 0 radical (unpaired) electrons. The summed E-state index contributed by atoms with van der Waals surface area (Å²) in [4.78, 5) is 31.8. The van der Waals surface area contributed by atoms with Gasteiger partial charge in [-0.25, -0.2) is 32.7 Å². The topological polar surface area (TPSA) is 137 Å². The Hall–Kier alpha value is -3.51. The van der Waals surface area contributed by atoms with E-state index in [1.165, 1.54) is 30.5 Å². The highest BCUT2D eigenvalue weighted by molar-refractivity contribution is 9.10. The van der Waals surface area contributed by atoms with Crippen molar-refractivity contribution in [3.63, 3.8) is 0 Å². The van der Waals surface area contributed by atoms with Gasteiger partial charge in [0.2, 0.25) is 5.95 Å². The molecule has 2 amide bonds. The number of anilines is 1. The molecule has 0 saturated carbocycles. The van der Waals surface area contributed by atoms with E-state index in [0.717, 1.165) is 7.11 Å². The number of sulfonamides is 1. The van der Waals surface area contributed by atoms with Crippen LogP contribution in [0.3, 0.4) is 0 Å². The van der Waals surface area contributed by atoms with Crippen molar-refractivity contribution in [1.82, 2.24) is 14.7 Å². The smallest absolute Gasteiger partial charge is 0.339 e. The van der Waals surface area contributed by atoms with Crippen LogP contribution in [0.25, 0.3) is 0 Å². The van der Waals surface area contributed by atoms with E-state index >= 15 is 0 Å². The number of nitrogens with one attached hydrogen (secondary N) is 2. The molecular formula is C20H17BrN4O6S. The predicted octanol–water partition coefficient (Wildman–Crippen LogP) is 3.12. The minimum atomic E-state index is -4.38. The number of hydrogen-bond acceptors (Lipinski definition) is 8. The van der Waals surface area contributed by atoms with Crippen molar-refractivity contribution in [3.05, 3.63) is 76.5 Å². The monoisotopic (exact) mass is 520 g/mol. The zero-order chi connectivity index (χ0) is 23.1. The first-order chi connectivity index (χ1) is 15.3. The molecule has 0 aliphatic heterocycles. The van der Waals surface area contributed by atoms with Crippen molar-refractivity contribution in [1.29, 1.82) is 0 Å². The summed E-state index contributed by atoms with van der Waals surface area (Å²) in [6, 6.07) is 13.3. The Bertz CT molecular complexity index is 1240. The predicted molar refractivity (Wildman–Crippen MR) is 118 cm³/mol. The quantitative estimate of drug-likeness (QED) is 0.453. The summed E-state index contributed by atoms with van der Waals surface area (Å²) in [6.07, 6.45) is 1.40. The number of rotatable bonds is 7. The molecule has 0 bridgehead atoms. The summed E-state index contributed by atoms with van der Waals surface area (Å²) in [7, 11) is -3.26. The van der Waals surface area contributed by atoms with Crippen LogP contribution in [0.15, 0.2) is 70.2 Å². The Morgan fingerprint density at radius 1 is 1.06 bits per heavy atom. The number of hydrogen-bond donors (Lipinski definition) is 2. The summed E-state index contributed by atoms with van der Waals surface area (Å²) in [6.45, 7) is 0.0776. The maximum absolute atomic E-state index is 12.6. The van der Waals surface area contributed by atoms with Crippen LogP contribution in [-0.2, 0) is 21.4 Å².